The molecule has 7 nitrogen and oxygen atoms in total. The summed E-state index contributed by atoms with van der Waals surface area (Å²) in [5.41, 5.74) is 1.83. The number of rotatable bonds is 8. The fraction of sp³-hybridized carbons (Fsp3) is 0.167. The largest absolute Gasteiger partial charge is 0.508 e. The van der Waals surface area contributed by atoms with E-state index in [-0.39, 0.29) is 18.1 Å². The molecule has 1 atom stereocenters. The summed E-state index contributed by atoms with van der Waals surface area (Å²) in [6, 6.07) is 20.7. The van der Waals surface area contributed by atoms with Crippen molar-refractivity contribution in [3.63, 3.8) is 0 Å². The number of phenolic OH excluding ortho intramolecular Hbond substituents is 3. The molecule has 0 aliphatic heterocycles. The maximum Gasteiger partial charge on any atom is 0.320 e. The third kappa shape index (κ3) is 5.33. The summed E-state index contributed by atoms with van der Waals surface area (Å²) in [6.07, 6.45) is -0.408. The highest BCUT2D eigenvalue weighted by Crippen LogP contribution is 2.34. The smallest absolute Gasteiger partial charge is 0.320 e. The average molecular weight is 422 g/mol. The predicted molar refractivity (Wildman–Crippen MR) is 112 cm³/mol. The van der Waals surface area contributed by atoms with Gasteiger partial charge in [0.1, 0.15) is 12.4 Å². The van der Waals surface area contributed by atoms with Crippen LogP contribution in [0.3, 0.4) is 0 Å². The van der Waals surface area contributed by atoms with Gasteiger partial charge in [0, 0.05) is 18.4 Å². The number of carboxylic acid groups (broad SMARTS) is 1. The summed E-state index contributed by atoms with van der Waals surface area (Å²) in [4.78, 5) is 24.3. The van der Waals surface area contributed by atoms with Gasteiger partial charge in [-0.25, -0.2) is 0 Å². The van der Waals surface area contributed by atoms with E-state index in [1.54, 1.807) is 0 Å². The minimum Gasteiger partial charge on any atom is -0.508 e. The van der Waals surface area contributed by atoms with Gasteiger partial charge in [0.05, 0.1) is 0 Å². The van der Waals surface area contributed by atoms with Crippen molar-refractivity contribution in [1.82, 2.24) is 0 Å². The Morgan fingerprint density at radius 2 is 1.29 bits per heavy atom. The maximum atomic E-state index is 12.6. The summed E-state index contributed by atoms with van der Waals surface area (Å²) in [5.74, 6) is -5.78. The first kappa shape index (κ1) is 21.7. The Morgan fingerprint density at radius 3 is 1.81 bits per heavy atom. The number of esters is 1. The zero-order valence-corrected chi connectivity index (χ0v) is 16.5. The summed E-state index contributed by atoms with van der Waals surface area (Å²) in [5, 5.41) is 38.5. The van der Waals surface area contributed by atoms with E-state index in [1.165, 1.54) is 0 Å². The third-order valence-corrected chi connectivity index (χ3v) is 4.98. The molecule has 0 aliphatic rings. The molecule has 0 aromatic heterocycles. The van der Waals surface area contributed by atoms with Crippen molar-refractivity contribution < 1.29 is 34.8 Å². The summed E-state index contributed by atoms with van der Waals surface area (Å²) in [6.45, 7) is -0.0660. The Balaban J connectivity index is 1.78. The van der Waals surface area contributed by atoms with Crippen LogP contribution in [-0.4, -0.2) is 39.0 Å². The van der Waals surface area contributed by atoms with Gasteiger partial charge in [-0.1, -0.05) is 60.7 Å². The number of hydrogen-bond acceptors (Lipinski definition) is 6. The Kier molecular flexibility index (Phi) is 6.77. The summed E-state index contributed by atoms with van der Waals surface area (Å²) >= 11 is 0. The number of carboxylic acids is 1. The monoisotopic (exact) mass is 422 g/mol. The molecule has 4 N–H and O–H groups in total. The number of hydrogen-bond donors (Lipinski definition) is 4. The van der Waals surface area contributed by atoms with Crippen LogP contribution in [0.15, 0.2) is 72.8 Å². The molecule has 160 valence electrons. The molecule has 1 unspecified atom stereocenters. The van der Waals surface area contributed by atoms with Crippen LogP contribution in [0.2, 0.25) is 0 Å². The van der Waals surface area contributed by atoms with Crippen LogP contribution in [-0.2, 0) is 20.7 Å². The van der Waals surface area contributed by atoms with Gasteiger partial charge in [-0.3, -0.25) is 9.59 Å². The second kappa shape index (κ2) is 9.67. The van der Waals surface area contributed by atoms with Crippen molar-refractivity contribution in [1.29, 1.82) is 0 Å². The topological polar surface area (TPSA) is 124 Å². The van der Waals surface area contributed by atoms with Crippen LogP contribution < -0.4 is 0 Å². The molecule has 3 rings (SSSR count). The van der Waals surface area contributed by atoms with E-state index in [4.69, 9.17) is 4.74 Å². The molecule has 0 radical (unpaired) electrons. The standard InChI is InChI=1S/C24H22O7/c25-20-13-22(27)21(26)12-17(20)11-18(23(28)29)24(30)31-14-19(15-7-3-1-4-8-15)16-9-5-2-6-10-16/h1-10,12-13,18-19,25-27H,11,14H2,(H,28,29). The summed E-state index contributed by atoms with van der Waals surface area (Å²) in [7, 11) is 0. The van der Waals surface area contributed by atoms with E-state index in [1.807, 2.05) is 60.7 Å². The number of carbonyl (C=O) groups excluding carboxylic acids is 1. The Labute approximate surface area is 178 Å². The van der Waals surface area contributed by atoms with Crippen LogP contribution in [0.25, 0.3) is 0 Å². The van der Waals surface area contributed by atoms with Crippen LogP contribution in [0.4, 0.5) is 0 Å². The normalized spacial score (nSPS) is 11.8. The van der Waals surface area contributed by atoms with Crippen molar-refractivity contribution in [2.24, 2.45) is 5.92 Å². The Morgan fingerprint density at radius 1 is 0.774 bits per heavy atom. The van der Waals surface area contributed by atoms with Crippen molar-refractivity contribution >= 4 is 11.9 Å². The first-order valence-corrected chi connectivity index (χ1v) is 9.60. The lowest BCUT2D eigenvalue weighted by atomic mass is 9.92. The highest BCUT2D eigenvalue weighted by molar-refractivity contribution is 5.94. The average Bonchev–Trinajstić information content (AvgIpc) is 2.76. The lowest BCUT2D eigenvalue weighted by Crippen LogP contribution is -2.29. The molecular formula is C24H22O7. The van der Waals surface area contributed by atoms with Crippen LogP contribution in [0, 0.1) is 5.92 Å². The van der Waals surface area contributed by atoms with Crippen molar-refractivity contribution in [3.05, 3.63) is 89.5 Å². The minimum atomic E-state index is -1.60. The van der Waals surface area contributed by atoms with Gasteiger partial charge in [-0.05, 0) is 22.8 Å². The molecule has 3 aromatic carbocycles. The first-order valence-electron chi connectivity index (χ1n) is 9.60. The second-order valence-electron chi connectivity index (χ2n) is 7.07. The van der Waals surface area contributed by atoms with Gasteiger partial charge >= 0.3 is 11.9 Å². The Bertz CT molecular complexity index is 1010. The molecular weight excluding hydrogens is 400 g/mol. The quantitative estimate of drug-likeness (QED) is 0.190. The van der Waals surface area contributed by atoms with E-state index in [0.717, 1.165) is 23.3 Å². The van der Waals surface area contributed by atoms with Gasteiger partial charge in [-0.2, -0.15) is 0 Å². The van der Waals surface area contributed by atoms with E-state index in [2.05, 4.69) is 0 Å². The molecule has 31 heavy (non-hydrogen) atoms. The number of phenols is 3. The fourth-order valence-electron chi connectivity index (χ4n) is 3.29. The number of carbonyl (C=O) groups is 2. The molecule has 3 aromatic rings. The van der Waals surface area contributed by atoms with Crippen LogP contribution >= 0.6 is 0 Å². The molecule has 0 aliphatic carbocycles. The molecule has 0 spiro atoms. The fourth-order valence-corrected chi connectivity index (χ4v) is 3.29. The highest BCUT2D eigenvalue weighted by Gasteiger charge is 2.30. The van der Waals surface area contributed by atoms with Gasteiger partial charge < -0.3 is 25.2 Å². The van der Waals surface area contributed by atoms with Crippen molar-refractivity contribution in [2.75, 3.05) is 6.61 Å². The van der Waals surface area contributed by atoms with Crippen LogP contribution in [0.1, 0.15) is 22.6 Å². The third-order valence-electron chi connectivity index (χ3n) is 4.98. The van der Waals surface area contributed by atoms with E-state index in [9.17, 15) is 30.0 Å². The minimum absolute atomic E-state index is 0.00215. The zero-order valence-electron chi connectivity index (χ0n) is 16.5. The first-order chi connectivity index (χ1) is 14.9. The van der Waals surface area contributed by atoms with Gasteiger partial charge in [0.25, 0.3) is 0 Å². The number of benzene rings is 3. The lowest BCUT2D eigenvalue weighted by molar-refractivity contribution is -0.158. The molecule has 0 saturated heterocycles. The lowest BCUT2D eigenvalue weighted by Gasteiger charge is -2.20. The van der Waals surface area contributed by atoms with Gasteiger partial charge in [0.2, 0.25) is 0 Å². The SMILES string of the molecule is O=C(O)C(Cc1cc(O)c(O)cc1O)C(=O)OCC(c1ccccc1)c1ccccc1. The zero-order chi connectivity index (χ0) is 22.4. The maximum absolute atomic E-state index is 12.6. The number of aliphatic carboxylic acids is 1. The number of aromatic hydroxyl groups is 3. The Hall–Kier alpha value is -4.00. The van der Waals surface area contributed by atoms with E-state index in [0.29, 0.717) is 0 Å². The molecule has 0 fully saturated rings. The van der Waals surface area contributed by atoms with Crippen molar-refractivity contribution in [2.45, 2.75) is 12.3 Å². The number of ether oxygens (including phenoxy) is 1. The molecule has 0 saturated carbocycles. The summed E-state index contributed by atoms with van der Waals surface area (Å²) < 4.78 is 5.39. The van der Waals surface area contributed by atoms with Crippen molar-refractivity contribution in [3.8, 4) is 17.2 Å². The molecule has 0 heterocycles. The highest BCUT2D eigenvalue weighted by atomic mass is 16.5. The molecule has 0 bridgehead atoms. The predicted octanol–water partition coefficient (Wildman–Crippen LogP) is 3.42. The van der Waals surface area contributed by atoms with Crippen LogP contribution in [0.5, 0.6) is 17.2 Å². The van der Waals surface area contributed by atoms with Gasteiger partial charge in [0.15, 0.2) is 17.4 Å². The van der Waals surface area contributed by atoms with E-state index < -0.39 is 41.5 Å². The second-order valence-corrected chi connectivity index (χ2v) is 7.07. The van der Waals surface area contributed by atoms with E-state index >= 15 is 0 Å². The van der Waals surface area contributed by atoms with Gasteiger partial charge in [-0.15, -0.1) is 0 Å². The molecule has 7 heteroatoms. The molecule has 0 amide bonds.